The van der Waals surface area contributed by atoms with E-state index in [0.717, 1.165) is 19.3 Å². The molecule has 16 heavy (non-hydrogen) atoms. The van der Waals surface area contributed by atoms with Gasteiger partial charge in [-0.15, -0.1) is 0 Å². The summed E-state index contributed by atoms with van der Waals surface area (Å²) in [5, 5.41) is 0. The summed E-state index contributed by atoms with van der Waals surface area (Å²) in [6, 6.07) is 0. The van der Waals surface area contributed by atoms with Crippen LogP contribution >= 0.6 is 0 Å². The van der Waals surface area contributed by atoms with Crippen molar-refractivity contribution in [3.63, 3.8) is 0 Å². The van der Waals surface area contributed by atoms with Gasteiger partial charge in [0.25, 0.3) is 0 Å². The lowest BCUT2D eigenvalue weighted by molar-refractivity contribution is -0.156. The Hall–Kier alpha value is -0.530. The Morgan fingerprint density at radius 3 is 2.62 bits per heavy atom. The molecule has 92 valence electrons. The van der Waals surface area contributed by atoms with Crippen molar-refractivity contribution in [1.29, 1.82) is 0 Å². The lowest BCUT2D eigenvalue weighted by Crippen LogP contribution is -2.45. The molecule has 1 aliphatic heterocycles. The summed E-state index contributed by atoms with van der Waals surface area (Å²) in [7, 11) is 0. The quantitative estimate of drug-likeness (QED) is 0.637. The molecule has 0 aromatic rings. The second-order valence-electron chi connectivity index (χ2n) is 6.36. The molecular formula is C14H24O2. The summed E-state index contributed by atoms with van der Waals surface area (Å²) in [6.07, 6.45) is 5.52. The van der Waals surface area contributed by atoms with Gasteiger partial charge in [0.15, 0.2) is 0 Å². The molecule has 3 unspecified atom stereocenters. The molecule has 1 aliphatic carbocycles. The van der Waals surface area contributed by atoms with E-state index in [1.54, 1.807) is 0 Å². The van der Waals surface area contributed by atoms with Crippen LogP contribution in [0.2, 0.25) is 0 Å². The second-order valence-corrected chi connectivity index (χ2v) is 6.36. The number of carbonyl (C=O) groups is 1. The molecule has 1 heterocycles. The molecule has 0 bridgehead atoms. The van der Waals surface area contributed by atoms with E-state index in [9.17, 15) is 4.79 Å². The Kier molecular flexibility index (Phi) is 2.80. The van der Waals surface area contributed by atoms with Crippen LogP contribution in [0.15, 0.2) is 0 Å². The Bertz CT molecular complexity index is 295. The number of carbonyl (C=O) groups excluding carboxylic acids is 1. The normalized spacial score (nSPS) is 42.4. The fourth-order valence-corrected chi connectivity index (χ4v) is 3.63. The van der Waals surface area contributed by atoms with Crippen LogP contribution in [0.3, 0.4) is 0 Å². The zero-order chi connectivity index (χ0) is 12.0. The number of hydrogen-bond acceptors (Lipinski definition) is 2. The maximum absolute atomic E-state index is 12.2. The van der Waals surface area contributed by atoms with Crippen molar-refractivity contribution in [1.82, 2.24) is 0 Å². The molecule has 2 aliphatic rings. The third-order valence-electron chi connectivity index (χ3n) is 5.17. The summed E-state index contributed by atoms with van der Waals surface area (Å²) in [6.45, 7) is 8.95. The zero-order valence-electron chi connectivity index (χ0n) is 11.0. The molecule has 2 nitrogen and oxygen atoms in total. The van der Waals surface area contributed by atoms with E-state index >= 15 is 0 Å². The van der Waals surface area contributed by atoms with Crippen molar-refractivity contribution in [2.45, 2.75) is 65.9 Å². The van der Waals surface area contributed by atoms with Gasteiger partial charge in [-0.2, -0.15) is 0 Å². The van der Waals surface area contributed by atoms with Gasteiger partial charge < -0.3 is 4.74 Å². The van der Waals surface area contributed by atoms with E-state index in [0.29, 0.717) is 5.92 Å². The number of cyclic esters (lactones) is 1. The van der Waals surface area contributed by atoms with Crippen LogP contribution in [0.1, 0.15) is 59.8 Å². The van der Waals surface area contributed by atoms with Gasteiger partial charge in [-0.25, -0.2) is 0 Å². The van der Waals surface area contributed by atoms with E-state index in [1.165, 1.54) is 12.8 Å². The molecule has 0 amide bonds. The Balaban J connectivity index is 2.27. The average Bonchev–Trinajstić information content (AvgIpc) is 2.53. The monoisotopic (exact) mass is 224 g/mol. The van der Waals surface area contributed by atoms with Crippen LogP contribution in [-0.2, 0) is 9.53 Å². The summed E-state index contributed by atoms with van der Waals surface area (Å²) in [5.41, 5.74) is 0.113. The smallest absolute Gasteiger partial charge is 0.312 e. The number of esters is 1. The van der Waals surface area contributed by atoms with Crippen molar-refractivity contribution >= 4 is 5.97 Å². The first-order valence-corrected chi connectivity index (χ1v) is 6.63. The van der Waals surface area contributed by atoms with Crippen LogP contribution in [0, 0.1) is 16.7 Å². The molecule has 2 heteroatoms. The lowest BCUT2D eigenvalue weighted by atomic mass is 9.55. The van der Waals surface area contributed by atoms with Crippen LogP contribution < -0.4 is 0 Å². The largest absolute Gasteiger partial charge is 0.462 e. The summed E-state index contributed by atoms with van der Waals surface area (Å²) in [4.78, 5) is 12.2. The molecule has 2 rings (SSSR count). The van der Waals surface area contributed by atoms with Crippen LogP contribution in [-0.4, -0.2) is 12.1 Å². The molecule has 1 saturated heterocycles. The number of ether oxygens (including phenoxy) is 1. The van der Waals surface area contributed by atoms with E-state index in [1.807, 2.05) is 0 Å². The summed E-state index contributed by atoms with van der Waals surface area (Å²) in [5.74, 6) is 0.525. The lowest BCUT2D eigenvalue weighted by Gasteiger charge is -2.46. The highest BCUT2D eigenvalue weighted by Crippen LogP contribution is 2.56. The topological polar surface area (TPSA) is 26.3 Å². The van der Waals surface area contributed by atoms with E-state index in [4.69, 9.17) is 4.74 Å². The van der Waals surface area contributed by atoms with Crippen molar-refractivity contribution in [3.05, 3.63) is 0 Å². The van der Waals surface area contributed by atoms with Crippen molar-refractivity contribution in [2.24, 2.45) is 16.7 Å². The average molecular weight is 224 g/mol. The number of hydrogen-bond donors (Lipinski definition) is 0. The first-order chi connectivity index (χ1) is 7.42. The minimum Gasteiger partial charge on any atom is -0.462 e. The van der Waals surface area contributed by atoms with Gasteiger partial charge >= 0.3 is 5.97 Å². The molecule has 2 fully saturated rings. The van der Waals surface area contributed by atoms with E-state index in [2.05, 4.69) is 27.7 Å². The SMILES string of the molecule is CCC1CC2(CCCC(C)(C)C2C)C(=O)O1. The molecule has 1 spiro atoms. The van der Waals surface area contributed by atoms with E-state index < -0.39 is 0 Å². The van der Waals surface area contributed by atoms with E-state index in [-0.39, 0.29) is 22.9 Å². The van der Waals surface area contributed by atoms with Gasteiger partial charge in [0.05, 0.1) is 5.41 Å². The molecular weight excluding hydrogens is 200 g/mol. The highest BCUT2D eigenvalue weighted by atomic mass is 16.6. The first-order valence-electron chi connectivity index (χ1n) is 6.63. The maximum atomic E-state index is 12.2. The summed E-state index contributed by atoms with van der Waals surface area (Å²) < 4.78 is 5.53. The minimum atomic E-state index is -0.164. The highest BCUT2D eigenvalue weighted by molar-refractivity contribution is 5.79. The minimum absolute atomic E-state index is 0.0830. The zero-order valence-corrected chi connectivity index (χ0v) is 11.0. The van der Waals surface area contributed by atoms with Crippen LogP contribution in [0.25, 0.3) is 0 Å². The maximum Gasteiger partial charge on any atom is 0.312 e. The van der Waals surface area contributed by atoms with Gasteiger partial charge in [-0.05, 0) is 30.6 Å². The van der Waals surface area contributed by atoms with Gasteiger partial charge in [0, 0.05) is 6.42 Å². The van der Waals surface area contributed by atoms with Crippen molar-refractivity contribution in [3.8, 4) is 0 Å². The predicted molar refractivity (Wildman–Crippen MR) is 64.0 cm³/mol. The van der Waals surface area contributed by atoms with Crippen LogP contribution in [0.4, 0.5) is 0 Å². The Labute approximate surface area is 98.7 Å². The van der Waals surface area contributed by atoms with Gasteiger partial charge in [-0.1, -0.05) is 34.1 Å². The third kappa shape index (κ3) is 1.57. The first kappa shape index (κ1) is 11.9. The Morgan fingerprint density at radius 1 is 1.38 bits per heavy atom. The standard InChI is InChI=1S/C14H24O2/c1-5-11-9-14(12(15)16-11)8-6-7-13(3,4)10(14)2/h10-11H,5-9H2,1-4H3. The Morgan fingerprint density at radius 2 is 2.06 bits per heavy atom. The molecule has 0 aromatic heterocycles. The molecule has 0 radical (unpaired) electrons. The van der Waals surface area contributed by atoms with Gasteiger partial charge in [-0.3, -0.25) is 4.79 Å². The predicted octanol–water partition coefficient (Wildman–Crippen LogP) is 3.54. The fourth-order valence-electron chi connectivity index (χ4n) is 3.63. The molecule has 0 N–H and O–H groups in total. The summed E-state index contributed by atoms with van der Waals surface area (Å²) >= 11 is 0. The highest BCUT2D eigenvalue weighted by Gasteiger charge is 2.57. The number of rotatable bonds is 1. The molecule has 1 saturated carbocycles. The van der Waals surface area contributed by atoms with Gasteiger partial charge in [0.2, 0.25) is 0 Å². The third-order valence-corrected chi connectivity index (χ3v) is 5.17. The van der Waals surface area contributed by atoms with Gasteiger partial charge in [0.1, 0.15) is 6.10 Å². The van der Waals surface area contributed by atoms with Crippen molar-refractivity contribution in [2.75, 3.05) is 0 Å². The fraction of sp³-hybridized carbons (Fsp3) is 0.929. The molecule has 0 aromatic carbocycles. The van der Waals surface area contributed by atoms with Crippen molar-refractivity contribution < 1.29 is 9.53 Å². The van der Waals surface area contributed by atoms with Crippen LogP contribution in [0.5, 0.6) is 0 Å². The molecule has 3 atom stereocenters. The second kappa shape index (κ2) is 3.75.